The Morgan fingerprint density at radius 1 is 1.19 bits per heavy atom. The highest BCUT2D eigenvalue weighted by Gasteiger charge is 2.17. The van der Waals surface area contributed by atoms with Gasteiger partial charge in [0.05, 0.1) is 11.4 Å². The number of aryl methyl sites for hydroxylation is 1. The Kier molecular flexibility index (Phi) is 5.40. The number of hydrogen-bond acceptors (Lipinski definition) is 1. The third kappa shape index (κ3) is 3.64. The number of aromatic nitrogens is 2. The van der Waals surface area contributed by atoms with Gasteiger partial charge in [0, 0.05) is 17.1 Å². The summed E-state index contributed by atoms with van der Waals surface area (Å²) in [7, 11) is 0. The minimum Gasteiger partial charge on any atom is -0.240 e. The lowest BCUT2D eigenvalue weighted by Crippen LogP contribution is -2.02. The average Bonchev–Trinajstić information content (AvgIpc) is 2.93. The Hall–Kier alpha value is -1.80. The predicted molar refractivity (Wildman–Crippen MR) is 90.1 cm³/mol. The summed E-state index contributed by atoms with van der Waals surface area (Å²) in [5.74, 6) is 0.326. The molecule has 0 N–H and O–H groups in total. The summed E-state index contributed by atoms with van der Waals surface area (Å²) in [5, 5.41) is 5.54. The Balaban J connectivity index is 0.000000774. The lowest BCUT2D eigenvalue weighted by atomic mass is 9.95. The van der Waals surface area contributed by atoms with Crippen LogP contribution in [0, 0.1) is 6.92 Å². The van der Waals surface area contributed by atoms with Crippen LogP contribution in [0.4, 0.5) is 0 Å². The van der Waals surface area contributed by atoms with E-state index in [1.165, 1.54) is 5.56 Å². The van der Waals surface area contributed by atoms with Crippen molar-refractivity contribution in [3.8, 4) is 5.69 Å². The molecular formula is C18H21ClN2. The van der Waals surface area contributed by atoms with Crippen molar-refractivity contribution in [3.05, 3.63) is 71.0 Å². The molecule has 1 aromatic heterocycles. The van der Waals surface area contributed by atoms with Crippen LogP contribution < -0.4 is 0 Å². The first-order chi connectivity index (χ1) is 10.2. The minimum atomic E-state index is 0.326. The smallest absolute Gasteiger partial charge is 0.0729 e. The van der Waals surface area contributed by atoms with E-state index < -0.39 is 0 Å². The van der Waals surface area contributed by atoms with Gasteiger partial charge in [-0.2, -0.15) is 5.10 Å². The second-order valence-electron chi connectivity index (χ2n) is 4.77. The molecule has 0 aliphatic heterocycles. The maximum absolute atomic E-state index is 5.96. The molecule has 0 fully saturated rings. The van der Waals surface area contributed by atoms with Crippen molar-refractivity contribution in [1.29, 1.82) is 0 Å². The van der Waals surface area contributed by atoms with Crippen LogP contribution in [-0.2, 0) is 0 Å². The van der Waals surface area contributed by atoms with Gasteiger partial charge in [0.1, 0.15) is 0 Å². The molecule has 1 aliphatic rings. The van der Waals surface area contributed by atoms with Crippen LogP contribution in [0.1, 0.15) is 37.4 Å². The molecule has 3 heteroatoms. The first-order valence-electron chi connectivity index (χ1n) is 7.39. The molecule has 2 aromatic rings. The quantitative estimate of drug-likeness (QED) is 0.728. The first kappa shape index (κ1) is 15.6. The standard InChI is InChI=1S/C16H15ClN2.C2H6/c1-12-11-19(15-5-3-2-4-6-15)18-16(12)13-7-9-14(17)10-8-13;1-2/h2-7,9-11,13H,8H2,1H3;1-2H3. The Morgan fingerprint density at radius 3 is 2.52 bits per heavy atom. The van der Waals surface area contributed by atoms with Gasteiger partial charge in [0.2, 0.25) is 0 Å². The van der Waals surface area contributed by atoms with Gasteiger partial charge in [0.25, 0.3) is 0 Å². The van der Waals surface area contributed by atoms with E-state index >= 15 is 0 Å². The van der Waals surface area contributed by atoms with E-state index in [1.54, 1.807) is 0 Å². The molecule has 0 spiro atoms. The maximum Gasteiger partial charge on any atom is 0.0729 e. The third-order valence-electron chi connectivity index (χ3n) is 3.36. The molecule has 21 heavy (non-hydrogen) atoms. The molecule has 1 heterocycles. The molecule has 1 unspecified atom stereocenters. The van der Waals surface area contributed by atoms with E-state index in [1.807, 2.05) is 48.9 Å². The SMILES string of the molecule is CC.Cc1cn(-c2ccccc2)nc1C1C=CC(Cl)=CC1. The van der Waals surface area contributed by atoms with Gasteiger partial charge in [-0.3, -0.25) is 0 Å². The average molecular weight is 301 g/mol. The maximum atomic E-state index is 5.96. The van der Waals surface area contributed by atoms with E-state index in [9.17, 15) is 0 Å². The highest BCUT2D eigenvalue weighted by Crippen LogP contribution is 2.29. The van der Waals surface area contributed by atoms with Crippen molar-refractivity contribution in [1.82, 2.24) is 9.78 Å². The molecule has 0 bridgehead atoms. The van der Waals surface area contributed by atoms with Crippen molar-refractivity contribution >= 4 is 11.6 Å². The summed E-state index contributed by atoms with van der Waals surface area (Å²) in [4.78, 5) is 0. The summed E-state index contributed by atoms with van der Waals surface area (Å²) in [6.07, 6.45) is 9.14. The van der Waals surface area contributed by atoms with Crippen molar-refractivity contribution < 1.29 is 0 Å². The number of rotatable bonds is 2. The molecule has 0 saturated carbocycles. The van der Waals surface area contributed by atoms with Crippen LogP contribution in [0.25, 0.3) is 5.69 Å². The fourth-order valence-electron chi connectivity index (χ4n) is 2.35. The molecule has 0 amide bonds. The van der Waals surface area contributed by atoms with Crippen LogP contribution in [0.2, 0.25) is 0 Å². The van der Waals surface area contributed by atoms with Gasteiger partial charge >= 0.3 is 0 Å². The lowest BCUT2D eigenvalue weighted by molar-refractivity contribution is 0.763. The summed E-state index contributed by atoms with van der Waals surface area (Å²) >= 11 is 5.96. The van der Waals surface area contributed by atoms with E-state index in [4.69, 9.17) is 16.7 Å². The lowest BCUT2D eigenvalue weighted by Gasteiger charge is -2.12. The number of allylic oxidation sites excluding steroid dienone is 4. The topological polar surface area (TPSA) is 17.8 Å². The van der Waals surface area contributed by atoms with Crippen LogP contribution in [0.5, 0.6) is 0 Å². The van der Waals surface area contributed by atoms with Gasteiger partial charge in [-0.25, -0.2) is 4.68 Å². The van der Waals surface area contributed by atoms with Gasteiger partial charge < -0.3 is 0 Å². The Labute approximate surface area is 131 Å². The number of para-hydroxylation sites is 1. The molecule has 1 aliphatic carbocycles. The number of halogens is 1. The monoisotopic (exact) mass is 300 g/mol. The van der Waals surface area contributed by atoms with Crippen molar-refractivity contribution in [2.24, 2.45) is 0 Å². The largest absolute Gasteiger partial charge is 0.240 e. The summed E-state index contributed by atoms with van der Waals surface area (Å²) in [5.41, 5.74) is 3.43. The zero-order valence-corrected chi connectivity index (χ0v) is 13.5. The normalized spacial score (nSPS) is 17.0. The highest BCUT2D eigenvalue weighted by atomic mass is 35.5. The zero-order valence-electron chi connectivity index (χ0n) is 12.8. The molecule has 0 saturated heterocycles. The number of nitrogens with zero attached hydrogens (tertiary/aromatic N) is 2. The summed E-state index contributed by atoms with van der Waals surface area (Å²) in [6, 6.07) is 10.2. The molecule has 2 nitrogen and oxygen atoms in total. The van der Waals surface area contributed by atoms with Crippen molar-refractivity contribution in [2.45, 2.75) is 33.1 Å². The van der Waals surface area contributed by atoms with E-state index in [-0.39, 0.29) is 0 Å². The second-order valence-corrected chi connectivity index (χ2v) is 5.20. The fourth-order valence-corrected chi connectivity index (χ4v) is 2.51. The van der Waals surface area contributed by atoms with Crippen molar-refractivity contribution in [2.75, 3.05) is 0 Å². The fraction of sp³-hybridized carbons (Fsp3) is 0.278. The number of benzene rings is 1. The van der Waals surface area contributed by atoms with E-state index in [0.717, 1.165) is 22.8 Å². The van der Waals surface area contributed by atoms with Crippen LogP contribution in [0.15, 0.2) is 59.8 Å². The van der Waals surface area contributed by atoms with Gasteiger partial charge in [0.15, 0.2) is 0 Å². The third-order valence-corrected chi connectivity index (χ3v) is 3.64. The van der Waals surface area contributed by atoms with Crippen molar-refractivity contribution in [3.63, 3.8) is 0 Å². The van der Waals surface area contributed by atoms with Gasteiger partial charge in [-0.1, -0.05) is 55.8 Å². The molecule has 1 atom stereocenters. The highest BCUT2D eigenvalue weighted by molar-refractivity contribution is 6.31. The minimum absolute atomic E-state index is 0.326. The molecular weight excluding hydrogens is 280 g/mol. The van der Waals surface area contributed by atoms with Gasteiger partial charge in [-0.05, 0) is 37.1 Å². The van der Waals surface area contributed by atoms with Crippen LogP contribution in [-0.4, -0.2) is 9.78 Å². The summed E-state index contributed by atoms with van der Waals surface area (Å²) in [6.45, 7) is 6.11. The molecule has 110 valence electrons. The molecule has 1 aromatic carbocycles. The van der Waals surface area contributed by atoms with E-state index in [0.29, 0.717) is 5.92 Å². The van der Waals surface area contributed by atoms with Crippen LogP contribution in [0.3, 0.4) is 0 Å². The summed E-state index contributed by atoms with van der Waals surface area (Å²) < 4.78 is 1.94. The van der Waals surface area contributed by atoms with Gasteiger partial charge in [-0.15, -0.1) is 0 Å². The Bertz CT molecular complexity index is 638. The Morgan fingerprint density at radius 2 is 1.90 bits per heavy atom. The second kappa shape index (κ2) is 7.28. The zero-order chi connectivity index (χ0) is 15.2. The van der Waals surface area contributed by atoms with E-state index in [2.05, 4.69) is 31.3 Å². The molecule has 3 rings (SSSR count). The molecule has 0 radical (unpaired) electrons. The number of hydrogen-bond donors (Lipinski definition) is 0. The van der Waals surface area contributed by atoms with Crippen LogP contribution >= 0.6 is 11.6 Å². The first-order valence-corrected chi connectivity index (χ1v) is 7.77. The predicted octanol–water partition coefficient (Wildman–Crippen LogP) is 5.37.